The molecule has 0 rings (SSSR count). The highest BCUT2D eigenvalue weighted by molar-refractivity contribution is 5.77. The first-order valence-corrected chi connectivity index (χ1v) is 5.08. The number of hydrogen-bond donors (Lipinski definition) is 1. The topological polar surface area (TPSA) is 59.9 Å². The Bertz CT molecular complexity index is 267. The van der Waals surface area contributed by atoms with Gasteiger partial charge >= 0.3 is 6.09 Å². The van der Waals surface area contributed by atoms with Gasteiger partial charge in [-0.3, -0.25) is 4.84 Å². The zero-order valence-electron chi connectivity index (χ0n) is 10.4. The Balaban J connectivity index is 4.40. The molecule has 0 unspecified atom stereocenters. The van der Waals surface area contributed by atoms with Crippen LogP contribution in [0.25, 0.3) is 0 Å². The molecule has 0 saturated heterocycles. The third-order valence-corrected chi connectivity index (χ3v) is 1.48. The minimum atomic E-state index is -0.617. The van der Waals surface area contributed by atoms with Crippen LogP contribution in [0.5, 0.6) is 0 Å². The Labute approximate surface area is 96.5 Å². The van der Waals surface area contributed by atoms with Gasteiger partial charge in [-0.15, -0.1) is 0 Å². The first-order valence-electron chi connectivity index (χ1n) is 5.08. The van der Waals surface area contributed by atoms with E-state index < -0.39 is 6.09 Å². The summed E-state index contributed by atoms with van der Waals surface area (Å²) in [5, 5.41) is 5.95. The van der Waals surface area contributed by atoms with Crippen molar-refractivity contribution < 1.29 is 14.4 Å². The monoisotopic (exact) mass is 228 g/mol. The number of nitrogens with zero attached hydrogens (tertiary/aromatic N) is 1. The number of carbonyl (C=O) groups is 1. The van der Waals surface area contributed by atoms with E-state index in [1.807, 2.05) is 20.8 Å². The van der Waals surface area contributed by atoms with E-state index in [4.69, 9.17) is 4.74 Å². The van der Waals surface area contributed by atoms with Crippen LogP contribution < -0.4 is 5.32 Å². The summed E-state index contributed by atoms with van der Waals surface area (Å²) < 4.78 is 5.29. The van der Waals surface area contributed by atoms with Crippen molar-refractivity contribution in [3.8, 4) is 0 Å². The molecule has 0 aromatic heterocycles. The number of amides is 1. The Morgan fingerprint density at radius 2 is 2.12 bits per heavy atom. The van der Waals surface area contributed by atoms with E-state index in [2.05, 4.69) is 21.9 Å². The molecule has 0 heterocycles. The number of rotatable bonds is 4. The van der Waals surface area contributed by atoms with Crippen LogP contribution in [-0.4, -0.2) is 25.6 Å². The van der Waals surface area contributed by atoms with Crippen molar-refractivity contribution in [2.45, 2.75) is 27.2 Å². The van der Waals surface area contributed by atoms with Crippen molar-refractivity contribution in [2.24, 2.45) is 10.6 Å². The lowest BCUT2D eigenvalue weighted by molar-refractivity contribution is 0.145. The second kappa shape index (κ2) is 6.87. The predicted octanol–water partition coefficient (Wildman–Crippen LogP) is 2.29. The van der Waals surface area contributed by atoms with Gasteiger partial charge in [-0.05, 0) is 10.6 Å². The third-order valence-electron chi connectivity index (χ3n) is 1.48. The molecule has 0 saturated carbocycles. The summed E-state index contributed by atoms with van der Waals surface area (Å²) in [7, 11) is 1.46. The summed E-state index contributed by atoms with van der Waals surface area (Å²) in [6.45, 7) is 10.0. The molecule has 1 amide bonds. The highest BCUT2D eigenvalue weighted by atomic mass is 16.7. The number of nitrogens with one attached hydrogen (secondary N) is 1. The summed E-state index contributed by atoms with van der Waals surface area (Å²) in [4.78, 5) is 15.4. The molecule has 5 heteroatoms. The van der Waals surface area contributed by atoms with Crippen LogP contribution in [0.15, 0.2) is 17.8 Å². The second-order valence-electron chi connectivity index (χ2n) is 4.45. The Morgan fingerprint density at radius 3 is 2.56 bits per heavy atom. The molecule has 0 spiro atoms. The smallest absolute Gasteiger partial charge is 0.433 e. The summed E-state index contributed by atoms with van der Waals surface area (Å²) >= 11 is 0. The molecule has 92 valence electrons. The summed E-state index contributed by atoms with van der Waals surface area (Å²) in [5.41, 5.74) is 0.00601. The highest BCUT2D eigenvalue weighted by Crippen LogP contribution is 2.19. The van der Waals surface area contributed by atoms with Crippen molar-refractivity contribution in [2.75, 3.05) is 13.7 Å². The van der Waals surface area contributed by atoms with Gasteiger partial charge in [0.05, 0.1) is 0 Å². The number of carbonyl (C=O) groups excluding carboxylic acids is 1. The average molecular weight is 228 g/mol. The van der Waals surface area contributed by atoms with E-state index in [9.17, 15) is 4.79 Å². The molecule has 0 aliphatic heterocycles. The van der Waals surface area contributed by atoms with Gasteiger partial charge < -0.3 is 10.1 Å². The van der Waals surface area contributed by atoms with E-state index in [0.717, 1.165) is 0 Å². The molecule has 16 heavy (non-hydrogen) atoms. The molecule has 0 radical (unpaired) electrons. The maximum atomic E-state index is 10.8. The van der Waals surface area contributed by atoms with Crippen molar-refractivity contribution in [1.29, 1.82) is 0 Å². The quantitative estimate of drug-likeness (QED) is 0.264. The van der Waals surface area contributed by atoms with Gasteiger partial charge in [-0.25, -0.2) is 4.79 Å². The van der Waals surface area contributed by atoms with Crippen molar-refractivity contribution in [3.63, 3.8) is 0 Å². The normalized spacial score (nSPS) is 11.9. The van der Waals surface area contributed by atoms with Gasteiger partial charge in [-0.1, -0.05) is 33.4 Å². The van der Waals surface area contributed by atoms with Crippen LogP contribution in [0.2, 0.25) is 0 Å². The highest BCUT2D eigenvalue weighted by Gasteiger charge is 2.16. The lowest BCUT2D eigenvalue weighted by Gasteiger charge is -2.18. The van der Waals surface area contributed by atoms with E-state index in [-0.39, 0.29) is 5.41 Å². The molecule has 0 aliphatic carbocycles. The van der Waals surface area contributed by atoms with Crippen molar-refractivity contribution >= 4 is 12.0 Å². The zero-order chi connectivity index (χ0) is 12.6. The number of ether oxygens (including phenoxy) is 1. The zero-order valence-corrected chi connectivity index (χ0v) is 10.4. The minimum absolute atomic E-state index is 0.00601. The molecular formula is C11H20N2O3. The first kappa shape index (κ1) is 14.5. The van der Waals surface area contributed by atoms with Crippen LogP contribution in [0.4, 0.5) is 4.79 Å². The maximum absolute atomic E-state index is 10.8. The molecule has 0 atom stereocenters. The van der Waals surface area contributed by atoms with Gasteiger partial charge in [0.1, 0.15) is 6.61 Å². The predicted molar refractivity (Wildman–Crippen MR) is 63.2 cm³/mol. The Hall–Kier alpha value is -1.52. The van der Waals surface area contributed by atoms with Crippen LogP contribution >= 0.6 is 0 Å². The molecular weight excluding hydrogens is 208 g/mol. The first-order chi connectivity index (χ1) is 7.39. The fraction of sp³-hybridized carbons (Fsp3) is 0.636. The maximum Gasteiger partial charge on any atom is 0.433 e. The van der Waals surface area contributed by atoms with Crippen molar-refractivity contribution in [1.82, 2.24) is 5.32 Å². The fourth-order valence-electron chi connectivity index (χ4n) is 0.856. The van der Waals surface area contributed by atoms with Crippen molar-refractivity contribution in [3.05, 3.63) is 12.7 Å². The Kier molecular flexibility index (Phi) is 6.22. The van der Waals surface area contributed by atoms with E-state index in [1.165, 1.54) is 7.05 Å². The van der Waals surface area contributed by atoms with Gasteiger partial charge in [-0.2, -0.15) is 0 Å². The molecule has 5 nitrogen and oxygen atoms in total. The molecule has 1 N–H and O–H groups in total. The summed E-state index contributed by atoms with van der Waals surface area (Å²) in [6, 6.07) is 0. The standard InChI is InChI=1S/C11H20N2O3/c1-6-7-15-9(8-11(2,3)4)13-16-10(14)12-5/h6H,1,7-8H2,2-5H3,(H,12,14). The largest absolute Gasteiger partial charge is 0.474 e. The van der Waals surface area contributed by atoms with Gasteiger partial charge in [0.2, 0.25) is 5.90 Å². The van der Waals surface area contributed by atoms with Crippen LogP contribution in [-0.2, 0) is 9.57 Å². The van der Waals surface area contributed by atoms with Gasteiger partial charge in [0.15, 0.2) is 0 Å². The van der Waals surface area contributed by atoms with Crippen LogP contribution in [0.3, 0.4) is 0 Å². The molecule has 0 aromatic carbocycles. The van der Waals surface area contributed by atoms with Crippen LogP contribution in [0, 0.1) is 5.41 Å². The molecule has 0 fully saturated rings. The third kappa shape index (κ3) is 7.84. The van der Waals surface area contributed by atoms with Gasteiger partial charge in [0, 0.05) is 13.5 Å². The second-order valence-corrected chi connectivity index (χ2v) is 4.45. The lowest BCUT2D eigenvalue weighted by atomic mass is 9.92. The average Bonchev–Trinajstić information content (AvgIpc) is 2.19. The molecule has 0 aromatic rings. The van der Waals surface area contributed by atoms with E-state index in [0.29, 0.717) is 18.9 Å². The minimum Gasteiger partial charge on any atom is -0.474 e. The molecule has 0 bridgehead atoms. The molecule has 0 aliphatic rings. The van der Waals surface area contributed by atoms with Gasteiger partial charge in [0.25, 0.3) is 0 Å². The van der Waals surface area contributed by atoms with Crippen LogP contribution in [0.1, 0.15) is 27.2 Å². The summed E-state index contributed by atoms with van der Waals surface area (Å²) in [5.74, 6) is 0.385. The summed E-state index contributed by atoms with van der Waals surface area (Å²) in [6.07, 6.45) is 1.57. The van der Waals surface area contributed by atoms with E-state index >= 15 is 0 Å². The SMILES string of the molecule is C=CCOC(CC(C)(C)C)=NOC(=O)NC. The number of oxime groups is 1. The fourth-order valence-corrected chi connectivity index (χ4v) is 0.856. The Morgan fingerprint density at radius 1 is 1.50 bits per heavy atom. The van der Waals surface area contributed by atoms with E-state index in [1.54, 1.807) is 6.08 Å². The lowest BCUT2D eigenvalue weighted by Crippen LogP contribution is -2.20. The number of hydrogen-bond acceptors (Lipinski definition) is 4.